The largest absolute Gasteiger partial charge is 0.417 e. The van der Waals surface area contributed by atoms with E-state index in [4.69, 9.17) is 0 Å². The van der Waals surface area contributed by atoms with Gasteiger partial charge in [0.1, 0.15) is 0 Å². The van der Waals surface area contributed by atoms with E-state index in [-0.39, 0.29) is 22.3 Å². The van der Waals surface area contributed by atoms with Crippen LogP contribution in [-0.4, -0.2) is 28.8 Å². The highest BCUT2D eigenvalue weighted by molar-refractivity contribution is 7.90. The highest BCUT2D eigenvalue weighted by atomic mass is 32.2. The molecule has 0 aliphatic heterocycles. The Bertz CT molecular complexity index is 1020. The summed E-state index contributed by atoms with van der Waals surface area (Å²) in [6.07, 6.45) is 1.08. The Morgan fingerprint density at radius 1 is 1.25 bits per heavy atom. The van der Waals surface area contributed by atoms with E-state index in [1.165, 1.54) is 18.3 Å². The number of fused-ring (bicyclic) bond motifs is 1. The van der Waals surface area contributed by atoms with Crippen LogP contribution in [0.15, 0.2) is 41.8 Å². The molecule has 0 aliphatic rings. The first-order chi connectivity index (χ1) is 11.1. The normalized spacial score (nSPS) is 12.9. The van der Waals surface area contributed by atoms with Gasteiger partial charge in [0.15, 0.2) is 9.84 Å². The molecule has 0 amide bonds. The highest BCUT2D eigenvalue weighted by Crippen LogP contribution is 2.37. The minimum absolute atomic E-state index is 0.0363. The number of aryl methyl sites for hydroxylation is 1. The number of imidazole rings is 1. The van der Waals surface area contributed by atoms with E-state index in [1.807, 2.05) is 0 Å². The number of alkyl halides is 3. The van der Waals surface area contributed by atoms with Crippen molar-refractivity contribution in [1.82, 2.24) is 14.1 Å². The van der Waals surface area contributed by atoms with Gasteiger partial charge in [-0.2, -0.15) is 13.2 Å². The minimum atomic E-state index is -4.64. The zero-order valence-electron chi connectivity index (χ0n) is 12.9. The molecule has 5 nitrogen and oxygen atoms in total. The molecule has 0 saturated carbocycles. The Morgan fingerprint density at radius 3 is 2.50 bits per heavy atom. The van der Waals surface area contributed by atoms with Gasteiger partial charge in [-0.3, -0.25) is 0 Å². The van der Waals surface area contributed by atoms with Gasteiger partial charge in [-0.05, 0) is 18.2 Å². The molecular formula is C15H14F3N3O2S. The van der Waals surface area contributed by atoms with Crippen molar-refractivity contribution in [2.45, 2.75) is 17.6 Å². The first-order valence-electron chi connectivity index (χ1n) is 6.93. The smallest absolute Gasteiger partial charge is 0.341 e. The van der Waals surface area contributed by atoms with Gasteiger partial charge in [0, 0.05) is 31.1 Å². The third-order valence-electron chi connectivity index (χ3n) is 3.69. The predicted molar refractivity (Wildman–Crippen MR) is 82.4 cm³/mol. The summed E-state index contributed by atoms with van der Waals surface area (Å²) in [7, 11) is -1.99. The molecule has 2 heterocycles. The van der Waals surface area contributed by atoms with Crippen molar-refractivity contribution < 1.29 is 21.6 Å². The molecule has 3 aromatic rings. The summed E-state index contributed by atoms with van der Waals surface area (Å²) in [5, 5.41) is -0.0363. The van der Waals surface area contributed by atoms with Gasteiger partial charge in [-0.15, -0.1) is 0 Å². The van der Waals surface area contributed by atoms with Gasteiger partial charge < -0.3 is 9.13 Å². The number of hydrogen-bond acceptors (Lipinski definition) is 3. The number of hydrogen-bond donors (Lipinski definition) is 0. The van der Waals surface area contributed by atoms with Crippen molar-refractivity contribution in [3.8, 4) is 0 Å². The molecule has 2 aromatic heterocycles. The molecule has 0 N–H and O–H groups in total. The summed E-state index contributed by atoms with van der Waals surface area (Å²) in [4.78, 5) is 3.78. The van der Waals surface area contributed by atoms with Crippen molar-refractivity contribution in [2.24, 2.45) is 7.05 Å². The number of rotatable bonds is 3. The standard InChI is InChI=1S/C15H14F3N3O2S/c1-20-7-10(19-9-20)8-21-4-3-12-13(15(16,17)18)5-11(6-14(12)21)24(2,22)23/h3-7,9H,8H2,1-2H3. The first kappa shape index (κ1) is 16.6. The lowest BCUT2D eigenvalue weighted by atomic mass is 10.1. The quantitative estimate of drug-likeness (QED) is 0.724. The second kappa shape index (κ2) is 5.37. The lowest BCUT2D eigenvalue weighted by Gasteiger charge is -2.12. The Balaban J connectivity index is 2.23. The van der Waals surface area contributed by atoms with Crippen molar-refractivity contribution in [2.75, 3.05) is 6.26 Å². The molecular weight excluding hydrogens is 343 g/mol. The van der Waals surface area contributed by atoms with Crippen LogP contribution in [0.3, 0.4) is 0 Å². The maximum atomic E-state index is 13.3. The third kappa shape index (κ3) is 3.03. The monoisotopic (exact) mass is 357 g/mol. The fourth-order valence-electron chi connectivity index (χ4n) is 2.58. The van der Waals surface area contributed by atoms with E-state index in [0.29, 0.717) is 11.8 Å². The average molecular weight is 357 g/mol. The Labute approximate surface area is 136 Å². The van der Waals surface area contributed by atoms with Crippen molar-refractivity contribution >= 4 is 20.7 Å². The van der Waals surface area contributed by atoms with Crippen LogP contribution in [0.2, 0.25) is 0 Å². The Morgan fingerprint density at radius 2 is 1.96 bits per heavy atom. The molecule has 0 bridgehead atoms. The van der Waals surface area contributed by atoms with Gasteiger partial charge >= 0.3 is 6.18 Å². The highest BCUT2D eigenvalue weighted by Gasteiger charge is 2.34. The Hall–Kier alpha value is -2.29. The maximum absolute atomic E-state index is 13.3. The topological polar surface area (TPSA) is 56.9 Å². The van der Waals surface area contributed by atoms with Crippen LogP contribution < -0.4 is 0 Å². The van der Waals surface area contributed by atoms with Gasteiger partial charge in [0.05, 0.1) is 34.5 Å². The molecule has 0 atom stereocenters. The first-order valence-corrected chi connectivity index (χ1v) is 8.82. The molecule has 128 valence electrons. The number of benzene rings is 1. The molecule has 0 radical (unpaired) electrons. The van der Waals surface area contributed by atoms with Gasteiger partial charge in [0.25, 0.3) is 0 Å². The number of aromatic nitrogens is 3. The molecule has 0 unspecified atom stereocenters. The zero-order chi connectivity index (χ0) is 17.7. The van der Waals surface area contributed by atoms with E-state index >= 15 is 0 Å². The summed E-state index contributed by atoms with van der Waals surface area (Å²) < 4.78 is 66.7. The lowest BCUT2D eigenvalue weighted by Crippen LogP contribution is -2.09. The number of sulfone groups is 1. The van der Waals surface area contributed by atoms with Gasteiger partial charge in [0.2, 0.25) is 0 Å². The van der Waals surface area contributed by atoms with Crippen LogP contribution >= 0.6 is 0 Å². The predicted octanol–water partition coefficient (Wildman–Crippen LogP) is 2.85. The average Bonchev–Trinajstić information content (AvgIpc) is 3.03. The van der Waals surface area contributed by atoms with E-state index in [2.05, 4.69) is 4.98 Å². The summed E-state index contributed by atoms with van der Waals surface area (Å²) in [5.41, 5.74) is -0.0931. The van der Waals surface area contributed by atoms with Crippen LogP contribution in [0.4, 0.5) is 13.2 Å². The lowest BCUT2D eigenvalue weighted by molar-refractivity contribution is -0.136. The van der Waals surface area contributed by atoms with Gasteiger partial charge in [-0.1, -0.05) is 0 Å². The van der Waals surface area contributed by atoms with Crippen LogP contribution in [0.1, 0.15) is 11.3 Å². The number of nitrogens with zero attached hydrogens (tertiary/aromatic N) is 3. The third-order valence-corrected chi connectivity index (χ3v) is 4.78. The summed E-state index contributed by atoms with van der Waals surface area (Å²) in [6, 6.07) is 3.29. The minimum Gasteiger partial charge on any atom is -0.341 e. The van der Waals surface area contributed by atoms with Crippen molar-refractivity contribution in [3.63, 3.8) is 0 Å². The van der Waals surface area contributed by atoms with Crippen LogP contribution in [0.25, 0.3) is 10.9 Å². The molecule has 3 rings (SSSR count). The molecule has 0 aliphatic carbocycles. The van der Waals surface area contributed by atoms with Crippen LogP contribution in [0.5, 0.6) is 0 Å². The van der Waals surface area contributed by atoms with E-state index in [1.54, 1.807) is 28.7 Å². The summed E-state index contributed by atoms with van der Waals surface area (Å²) in [6.45, 7) is 0.245. The molecule has 9 heteroatoms. The fraction of sp³-hybridized carbons (Fsp3) is 0.267. The Kier molecular flexibility index (Phi) is 3.71. The SMILES string of the molecule is Cn1cnc(Cn2ccc3c(C(F)(F)F)cc(S(C)(=O)=O)cc32)c1. The molecule has 0 spiro atoms. The van der Waals surface area contributed by atoms with Gasteiger partial charge in [-0.25, -0.2) is 13.4 Å². The summed E-state index contributed by atoms with van der Waals surface area (Å²) >= 11 is 0. The van der Waals surface area contributed by atoms with E-state index in [9.17, 15) is 21.6 Å². The number of halogens is 3. The fourth-order valence-corrected chi connectivity index (χ4v) is 3.24. The van der Waals surface area contributed by atoms with E-state index in [0.717, 1.165) is 6.26 Å². The zero-order valence-corrected chi connectivity index (χ0v) is 13.7. The summed E-state index contributed by atoms with van der Waals surface area (Å²) in [5.74, 6) is 0. The molecule has 0 fully saturated rings. The van der Waals surface area contributed by atoms with Crippen LogP contribution in [0, 0.1) is 0 Å². The second-order valence-electron chi connectivity index (χ2n) is 5.65. The van der Waals surface area contributed by atoms with Crippen molar-refractivity contribution in [1.29, 1.82) is 0 Å². The van der Waals surface area contributed by atoms with Crippen LogP contribution in [-0.2, 0) is 29.6 Å². The molecule has 1 aromatic carbocycles. The molecule has 24 heavy (non-hydrogen) atoms. The maximum Gasteiger partial charge on any atom is 0.417 e. The van der Waals surface area contributed by atoms with E-state index < -0.39 is 21.6 Å². The van der Waals surface area contributed by atoms with Crippen molar-refractivity contribution in [3.05, 3.63) is 48.2 Å². The molecule has 0 saturated heterocycles. The second-order valence-corrected chi connectivity index (χ2v) is 7.66.